The van der Waals surface area contributed by atoms with Gasteiger partial charge in [0.15, 0.2) is 0 Å². The van der Waals surface area contributed by atoms with E-state index in [4.69, 9.17) is 0 Å². The first-order valence-corrected chi connectivity index (χ1v) is 8.21. The van der Waals surface area contributed by atoms with Crippen LogP contribution in [-0.4, -0.2) is 55.3 Å². The van der Waals surface area contributed by atoms with Crippen molar-refractivity contribution in [3.8, 4) is 0 Å². The number of nitrogens with one attached hydrogen (secondary N) is 1. The summed E-state index contributed by atoms with van der Waals surface area (Å²) in [5, 5.41) is 3.35. The van der Waals surface area contributed by atoms with Crippen LogP contribution < -0.4 is 5.32 Å². The summed E-state index contributed by atoms with van der Waals surface area (Å²) in [4.78, 5) is 0. The molecule has 5 nitrogen and oxygen atoms in total. The highest BCUT2D eigenvalue weighted by Crippen LogP contribution is 2.22. The zero-order valence-corrected chi connectivity index (χ0v) is 12.5. The summed E-state index contributed by atoms with van der Waals surface area (Å²) >= 11 is 0. The Morgan fingerprint density at radius 2 is 1.72 bits per heavy atom. The summed E-state index contributed by atoms with van der Waals surface area (Å²) < 4.78 is 28.4. The average molecular weight is 275 g/mol. The van der Waals surface area contributed by atoms with E-state index in [1.54, 1.807) is 8.61 Å². The van der Waals surface area contributed by atoms with Crippen molar-refractivity contribution < 1.29 is 8.42 Å². The van der Waals surface area contributed by atoms with Crippen LogP contribution in [0.3, 0.4) is 0 Å². The largest absolute Gasteiger partial charge is 0.309 e. The SMILES string of the molecule is CC1CCN(S(=O)(=O)N2CCNC(C)(C)C2)CC1. The molecule has 2 saturated heterocycles. The lowest BCUT2D eigenvalue weighted by molar-refractivity contribution is 0.207. The minimum Gasteiger partial charge on any atom is -0.309 e. The summed E-state index contributed by atoms with van der Waals surface area (Å²) in [5.74, 6) is 0.649. The van der Waals surface area contributed by atoms with E-state index in [2.05, 4.69) is 12.2 Å². The molecule has 2 aliphatic heterocycles. The third-order valence-electron chi connectivity index (χ3n) is 3.93. The van der Waals surface area contributed by atoms with Crippen molar-refractivity contribution >= 4 is 10.2 Å². The third kappa shape index (κ3) is 3.04. The molecule has 2 aliphatic rings. The fourth-order valence-electron chi connectivity index (χ4n) is 2.67. The van der Waals surface area contributed by atoms with Gasteiger partial charge < -0.3 is 5.32 Å². The standard InChI is InChI=1S/C12H25N3O2S/c1-11-4-7-14(8-5-11)18(16,17)15-9-6-13-12(2,3)10-15/h11,13H,4-10H2,1-3H3. The van der Waals surface area contributed by atoms with Crippen LogP contribution in [0, 0.1) is 5.92 Å². The highest BCUT2D eigenvalue weighted by Gasteiger charge is 2.37. The van der Waals surface area contributed by atoms with E-state index in [1.807, 2.05) is 13.8 Å². The second-order valence-electron chi connectivity index (χ2n) is 6.23. The first-order chi connectivity index (χ1) is 8.31. The lowest BCUT2D eigenvalue weighted by atomic mass is 10.0. The molecule has 2 rings (SSSR count). The van der Waals surface area contributed by atoms with Crippen molar-refractivity contribution in [2.24, 2.45) is 5.92 Å². The van der Waals surface area contributed by atoms with Crippen molar-refractivity contribution in [3.05, 3.63) is 0 Å². The molecule has 2 fully saturated rings. The molecule has 0 unspecified atom stereocenters. The molecule has 0 aromatic heterocycles. The topological polar surface area (TPSA) is 52.7 Å². The number of hydrogen-bond acceptors (Lipinski definition) is 3. The van der Waals surface area contributed by atoms with Crippen LogP contribution in [0.1, 0.15) is 33.6 Å². The van der Waals surface area contributed by atoms with Crippen molar-refractivity contribution in [2.75, 3.05) is 32.7 Å². The van der Waals surface area contributed by atoms with Gasteiger partial charge in [-0.1, -0.05) is 6.92 Å². The summed E-state index contributed by atoms with van der Waals surface area (Å²) in [7, 11) is -3.25. The number of hydrogen-bond donors (Lipinski definition) is 1. The van der Waals surface area contributed by atoms with Crippen molar-refractivity contribution in [1.82, 2.24) is 13.9 Å². The maximum absolute atomic E-state index is 12.6. The Kier molecular flexibility index (Phi) is 4.02. The minimum absolute atomic E-state index is 0.131. The quantitative estimate of drug-likeness (QED) is 0.805. The molecule has 0 aliphatic carbocycles. The van der Waals surface area contributed by atoms with Crippen LogP contribution in [0.5, 0.6) is 0 Å². The predicted molar refractivity (Wildman–Crippen MR) is 72.5 cm³/mol. The molecule has 18 heavy (non-hydrogen) atoms. The third-order valence-corrected chi connectivity index (χ3v) is 5.91. The highest BCUT2D eigenvalue weighted by molar-refractivity contribution is 7.86. The fourth-order valence-corrected chi connectivity index (χ4v) is 4.48. The zero-order valence-electron chi connectivity index (χ0n) is 11.6. The monoisotopic (exact) mass is 275 g/mol. The van der Waals surface area contributed by atoms with Crippen LogP contribution in [-0.2, 0) is 10.2 Å². The molecule has 6 heteroatoms. The fraction of sp³-hybridized carbons (Fsp3) is 1.00. The van der Waals surface area contributed by atoms with E-state index in [1.165, 1.54) is 0 Å². The number of piperidine rings is 1. The Bertz CT molecular complexity index is 386. The summed E-state index contributed by atoms with van der Waals surface area (Å²) in [6.45, 7) is 9.51. The summed E-state index contributed by atoms with van der Waals surface area (Å²) in [6.07, 6.45) is 1.96. The van der Waals surface area contributed by atoms with Crippen LogP contribution in [0.25, 0.3) is 0 Å². The maximum Gasteiger partial charge on any atom is 0.282 e. The molecule has 0 radical (unpaired) electrons. The van der Waals surface area contributed by atoms with Gasteiger partial charge in [0, 0.05) is 38.3 Å². The second kappa shape index (κ2) is 5.07. The summed E-state index contributed by atoms with van der Waals surface area (Å²) in [5.41, 5.74) is -0.131. The molecule has 106 valence electrons. The lowest BCUT2D eigenvalue weighted by Gasteiger charge is -2.41. The second-order valence-corrected chi connectivity index (χ2v) is 8.16. The van der Waals surface area contributed by atoms with Gasteiger partial charge in [0.1, 0.15) is 0 Å². The molecular formula is C12H25N3O2S. The van der Waals surface area contributed by atoms with E-state index in [0.29, 0.717) is 32.1 Å². The van der Waals surface area contributed by atoms with Crippen molar-refractivity contribution in [2.45, 2.75) is 39.2 Å². The van der Waals surface area contributed by atoms with Gasteiger partial charge in [-0.3, -0.25) is 0 Å². The number of rotatable bonds is 2. The van der Waals surface area contributed by atoms with Crippen LogP contribution in [0.4, 0.5) is 0 Å². The average Bonchev–Trinajstić information content (AvgIpc) is 2.28. The smallest absolute Gasteiger partial charge is 0.282 e. The molecule has 1 N–H and O–H groups in total. The van der Waals surface area contributed by atoms with E-state index >= 15 is 0 Å². The Balaban J connectivity index is 2.06. The molecule has 0 spiro atoms. The first-order valence-electron chi connectivity index (χ1n) is 6.81. The Morgan fingerprint density at radius 3 is 2.28 bits per heavy atom. The normalized spacial score (nSPS) is 28.4. The van der Waals surface area contributed by atoms with Crippen molar-refractivity contribution in [3.63, 3.8) is 0 Å². The van der Waals surface area contributed by atoms with Gasteiger partial charge >= 0.3 is 0 Å². The number of nitrogens with zero attached hydrogens (tertiary/aromatic N) is 2. The molecule has 0 aromatic carbocycles. The number of piperazine rings is 1. The van der Waals surface area contributed by atoms with Gasteiger partial charge in [-0.05, 0) is 32.6 Å². The lowest BCUT2D eigenvalue weighted by Crippen LogP contribution is -2.61. The highest BCUT2D eigenvalue weighted by atomic mass is 32.2. The van der Waals surface area contributed by atoms with E-state index < -0.39 is 10.2 Å². The molecule has 0 aromatic rings. The van der Waals surface area contributed by atoms with Gasteiger partial charge in [0.05, 0.1) is 0 Å². The maximum atomic E-state index is 12.6. The van der Waals surface area contributed by atoms with Gasteiger partial charge in [0.25, 0.3) is 10.2 Å². The van der Waals surface area contributed by atoms with E-state index in [0.717, 1.165) is 19.4 Å². The Hall–Kier alpha value is -0.170. The van der Waals surface area contributed by atoms with Crippen molar-refractivity contribution in [1.29, 1.82) is 0 Å². The van der Waals surface area contributed by atoms with Gasteiger partial charge in [-0.2, -0.15) is 17.0 Å². The van der Waals surface area contributed by atoms with E-state index in [9.17, 15) is 8.42 Å². The molecule has 0 bridgehead atoms. The molecule has 2 heterocycles. The van der Waals surface area contributed by atoms with Gasteiger partial charge in [0.2, 0.25) is 0 Å². The zero-order chi connectivity index (χ0) is 13.4. The van der Waals surface area contributed by atoms with Crippen LogP contribution >= 0.6 is 0 Å². The molecular weight excluding hydrogens is 250 g/mol. The summed E-state index contributed by atoms with van der Waals surface area (Å²) in [6, 6.07) is 0. The molecule has 0 amide bonds. The molecule has 0 atom stereocenters. The van der Waals surface area contributed by atoms with E-state index in [-0.39, 0.29) is 5.54 Å². The van der Waals surface area contributed by atoms with Crippen LogP contribution in [0.15, 0.2) is 0 Å². The predicted octanol–water partition coefficient (Wildman–Crippen LogP) is 0.647. The van der Waals surface area contributed by atoms with Gasteiger partial charge in [-0.25, -0.2) is 0 Å². The molecule has 0 saturated carbocycles. The Labute approximate surface area is 111 Å². The Morgan fingerprint density at radius 1 is 1.11 bits per heavy atom. The van der Waals surface area contributed by atoms with Crippen LogP contribution in [0.2, 0.25) is 0 Å². The van der Waals surface area contributed by atoms with Gasteiger partial charge in [-0.15, -0.1) is 0 Å². The first kappa shape index (κ1) is 14.2. The minimum atomic E-state index is -3.25.